The Labute approximate surface area is 118 Å². The third kappa shape index (κ3) is 3.92. The zero-order valence-corrected chi connectivity index (χ0v) is 12.5. The standard InChI is InChI=1S/C12H19N3O4S/c1-13-6-7-15-12(16)9-4-5-10(19-3)11(8-9)20(17,18)14-2/h4-5,8,13-14H,6-7H2,1-3H3,(H,15,16). The molecular formula is C12H19N3O4S. The average molecular weight is 301 g/mol. The van der Waals surface area contributed by atoms with E-state index in [4.69, 9.17) is 4.74 Å². The predicted octanol–water partition coefficient (Wildman–Crippen LogP) is -0.447. The molecule has 1 rings (SSSR count). The summed E-state index contributed by atoms with van der Waals surface area (Å²) in [4.78, 5) is 11.8. The van der Waals surface area contributed by atoms with E-state index in [1.807, 2.05) is 0 Å². The summed E-state index contributed by atoms with van der Waals surface area (Å²) in [7, 11) is 0.757. The zero-order chi connectivity index (χ0) is 15.2. The first-order chi connectivity index (χ1) is 9.46. The van der Waals surface area contributed by atoms with E-state index in [0.717, 1.165) is 0 Å². The summed E-state index contributed by atoms with van der Waals surface area (Å²) < 4.78 is 31.0. The van der Waals surface area contributed by atoms with Crippen molar-refractivity contribution in [2.24, 2.45) is 0 Å². The summed E-state index contributed by atoms with van der Waals surface area (Å²) in [6.45, 7) is 1.08. The second-order valence-corrected chi connectivity index (χ2v) is 5.79. The number of rotatable bonds is 7. The number of methoxy groups -OCH3 is 1. The number of hydrogen-bond donors (Lipinski definition) is 3. The van der Waals surface area contributed by atoms with E-state index in [9.17, 15) is 13.2 Å². The van der Waals surface area contributed by atoms with Gasteiger partial charge in [-0.05, 0) is 32.3 Å². The van der Waals surface area contributed by atoms with Gasteiger partial charge in [0.25, 0.3) is 5.91 Å². The van der Waals surface area contributed by atoms with Crippen LogP contribution < -0.4 is 20.1 Å². The Morgan fingerprint density at radius 1 is 1.25 bits per heavy atom. The van der Waals surface area contributed by atoms with Crippen LogP contribution in [-0.2, 0) is 10.0 Å². The van der Waals surface area contributed by atoms with Crippen molar-refractivity contribution in [2.75, 3.05) is 34.3 Å². The van der Waals surface area contributed by atoms with Gasteiger partial charge in [-0.15, -0.1) is 0 Å². The molecule has 0 bridgehead atoms. The Morgan fingerprint density at radius 3 is 2.50 bits per heavy atom. The number of amides is 1. The molecule has 1 aromatic rings. The SMILES string of the molecule is CNCCNC(=O)c1ccc(OC)c(S(=O)(=O)NC)c1. The highest BCUT2D eigenvalue weighted by molar-refractivity contribution is 7.89. The average Bonchev–Trinajstić information content (AvgIpc) is 2.46. The van der Waals surface area contributed by atoms with Crippen LogP contribution in [0.1, 0.15) is 10.4 Å². The molecule has 0 aliphatic rings. The Balaban J connectivity index is 3.07. The van der Waals surface area contributed by atoms with Crippen LogP contribution in [0.3, 0.4) is 0 Å². The molecule has 0 saturated carbocycles. The first kappa shape index (κ1) is 16.4. The molecular weight excluding hydrogens is 282 g/mol. The number of ether oxygens (including phenoxy) is 1. The zero-order valence-electron chi connectivity index (χ0n) is 11.7. The van der Waals surface area contributed by atoms with Crippen LogP contribution in [0.2, 0.25) is 0 Å². The minimum Gasteiger partial charge on any atom is -0.495 e. The van der Waals surface area contributed by atoms with E-state index in [0.29, 0.717) is 13.1 Å². The molecule has 0 aliphatic heterocycles. The highest BCUT2D eigenvalue weighted by atomic mass is 32.2. The molecule has 0 spiro atoms. The molecule has 20 heavy (non-hydrogen) atoms. The lowest BCUT2D eigenvalue weighted by atomic mass is 10.2. The minimum atomic E-state index is -3.69. The maximum atomic E-state index is 11.9. The quantitative estimate of drug-likeness (QED) is 0.593. The summed E-state index contributed by atoms with van der Waals surface area (Å²) >= 11 is 0. The maximum Gasteiger partial charge on any atom is 0.251 e. The van der Waals surface area contributed by atoms with Crippen molar-refractivity contribution in [2.45, 2.75) is 4.90 Å². The van der Waals surface area contributed by atoms with Crippen LogP contribution >= 0.6 is 0 Å². The number of hydrogen-bond acceptors (Lipinski definition) is 5. The number of sulfonamides is 1. The van der Waals surface area contributed by atoms with Gasteiger partial charge in [-0.3, -0.25) is 4.79 Å². The molecule has 0 aliphatic carbocycles. The minimum absolute atomic E-state index is 0.0660. The van der Waals surface area contributed by atoms with Crippen molar-refractivity contribution >= 4 is 15.9 Å². The van der Waals surface area contributed by atoms with Crippen molar-refractivity contribution < 1.29 is 17.9 Å². The monoisotopic (exact) mass is 301 g/mol. The number of likely N-dealkylation sites (N-methyl/N-ethyl adjacent to an activating group) is 1. The first-order valence-corrected chi connectivity index (χ1v) is 7.49. The molecule has 112 valence electrons. The Bertz CT molecular complexity index is 572. The first-order valence-electron chi connectivity index (χ1n) is 6.00. The molecule has 3 N–H and O–H groups in total. The lowest BCUT2D eigenvalue weighted by Crippen LogP contribution is -2.30. The molecule has 7 nitrogen and oxygen atoms in total. The highest BCUT2D eigenvalue weighted by Crippen LogP contribution is 2.24. The van der Waals surface area contributed by atoms with E-state index in [-0.39, 0.29) is 22.1 Å². The molecule has 8 heteroatoms. The van der Waals surface area contributed by atoms with Crippen LogP contribution in [0.15, 0.2) is 23.1 Å². The lowest BCUT2D eigenvalue weighted by molar-refractivity contribution is 0.0954. The number of carbonyl (C=O) groups excluding carboxylic acids is 1. The summed E-state index contributed by atoms with van der Waals surface area (Å²) in [6, 6.07) is 4.26. The molecule has 0 heterocycles. The molecule has 0 radical (unpaired) electrons. The van der Waals surface area contributed by atoms with Gasteiger partial charge in [0.15, 0.2) is 0 Å². The van der Waals surface area contributed by atoms with Gasteiger partial charge in [-0.25, -0.2) is 13.1 Å². The summed E-state index contributed by atoms with van der Waals surface area (Å²) in [5.74, 6) is -0.151. The molecule has 0 atom stereocenters. The Morgan fingerprint density at radius 2 is 1.95 bits per heavy atom. The maximum absolute atomic E-state index is 11.9. The van der Waals surface area contributed by atoms with E-state index in [1.165, 1.54) is 32.4 Å². The van der Waals surface area contributed by atoms with Gasteiger partial charge in [0, 0.05) is 18.7 Å². The van der Waals surface area contributed by atoms with Crippen molar-refractivity contribution in [1.29, 1.82) is 0 Å². The fourth-order valence-corrected chi connectivity index (χ4v) is 2.46. The van der Waals surface area contributed by atoms with Gasteiger partial charge in [0.05, 0.1) is 7.11 Å². The summed E-state index contributed by atoms with van der Waals surface area (Å²) in [6.07, 6.45) is 0. The third-order valence-electron chi connectivity index (χ3n) is 2.64. The van der Waals surface area contributed by atoms with Gasteiger partial charge in [-0.2, -0.15) is 0 Å². The molecule has 0 aromatic heterocycles. The van der Waals surface area contributed by atoms with Crippen molar-refractivity contribution in [3.8, 4) is 5.75 Å². The van der Waals surface area contributed by atoms with Gasteiger partial charge in [-0.1, -0.05) is 0 Å². The van der Waals surface area contributed by atoms with Gasteiger partial charge >= 0.3 is 0 Å². The fraction of sp³-hybridized carbons (Fsp3) is 0.417. The summed E-state index contributed by atoms with van der Waals surface area (Å²) in [5, 5.41) is 5.57. The predicted molar refractivity (Wildman–Crippen MR) is 75.5 cm³/mol. The number of benzene rings is 1. The van der Waals surface area contributed by atoms with E-state index < -0.39 is 10.0 Å². The Kier molecular flexibility index (Phi) is 5.93. The van der Waals surface area contributed by atoms with Crippen LogP contribution in [0, 0.1) is 0 Å². The van der Waals surface area contributed by atoms with Gasteiger partial charge in [0.2, 0.25) is 10.0 Å². The van der Waals surface area contributed by atoms with Crippen molar-refractivity contribution in [3.63, 3.8) is 0 Å². The molecule has 1 amide bonds. The van der Waals surface area contributed by atoms with Crippen molar-refractivity contribution in [1.82, 2.24) is 15.4 Å². The second kappa shape index (κ2) is 7.22. The van der Waals surface area contributed by atoms with Crippen LogP contribution in [0.4, 0.5) is 0 Å². The number of carbonyl (C=O) groups is 1. The second-order valence-electron chi connectivity index (χ2n) is 3.93. The van der Waals surface area contributed by atoms with E-state index in [2.05, 4.69) is 15.4 Å². The third-order valence-corrected chi connectivity index (χ3v) is 4.08. The van der Waals surface area contributed by atoms with Gasteiger partial charge in [0.1, 0.15) is 10.6 Å². The topological polar surface area (TPSA) is 96.5 Å². The summed E-state index contributed by atoms with van der Waals surface area (Å²) in [5.41, 5.74) is 0.260. The Hall–Kier alpha value is -1.64. The lowest BCUT2D eigenvalue weighted by Gasteiger charge is -2.11. The smallest absolute Gasteiger partial charge is 0.251 e. The number of nitrogens with one attached hydrogen (secondary N) is 3. The molecule has 0 fully saturated rings. The van der Waals surface area contributed by atoms with Crippen LogP contribution in [0.5, 0.6) is 5.75 Å². The van der Waals surface area contributed by atoms with Gasteiger partial charge < -0.3 is 15.4 Å². The molecule has 1 aromatic carbocycles. The van der Waals surface area contributed by atoms with E-state index >= 15 is 0 Å². The van der Waals surface area contributed by atoms with E-state index in [1.54, 1.807) is 7.05 Å². The van der Waals surface area contributed by atoms with Crippen molar-refractivity contribution in [3.05, 3.63) is 23.8 Å². The highest BCUT2D eigenvalue weighted by Gasteiger charge is 2.19. The molecule has 0 saturated heterocycles. The molecule has 0 unspecified atom stereocenters. The van der Waals surface area contributed by atoms with Crippen LogP contribution in [0.25, 0.3) is 0 Å². The normalized spacial score (nSPS) is 11.2. The largest absolute Gasteiger partial charge is 0.495 e. The van der Waals surface area contributed by atoms with Crippen LogP contribution in [-0.4, -0.2) is 48.6 Å². The fourth-order valence-electron chi connectivity index (χ4n) is 1.54.